The summed E-state index contributed by atoms with van der Waals surface area (Å²) in [7, 11) is 1.66. The number of ether oxygens (including phenoxy) is 1. The van der Waals surface area contributed by atoms with Crippen LogP contribution in [-0.2, 0) is 11.3 Å². The van der Waals surface area contributed by atoms with Gasteiger partial charge in [-0.1, -0.05) is 30.3 Å². The summed E-state index contributed by atoms with van der Waals surface area (Å²) in [6, 6.07) is 14.0. The number of aliphatic carboxylic acids is 1. The molecule has 1 aliphatic rings. The molecule has 0 spiro atoms. The van der Waals surface area contributed by atoms with E-state index in [2.05, 4.69) is 31.2 Å². The van der Waals surface area contributed by atoms with Crippen LogP contribution in [0, 0.1) is 6.92 Å². The van der Waals surface area contributed by atoms with Crippen molar-refractivity contribution in [2.24, 2.45) is 0 Å². The Labute approximate surface area is 142 Å². The largest absolute Gasteiger partial charge is 0.496 e. The second kappa shape index (κ2) is 7.05. The first-order chi connectivity index (χ1) is 11.6. The number of benzene rings is 2. The maximum absolute atomic E-state index is 11.4. The lowest BCUT2D eigenvalue weighted by Crippen LogP contribution is -2.35. The van der Waals surface area contributed by atoms with Crippen LogP contribution in [0.15, 0.2) is 42.5 Å². The molecule has 0 unspecified atom stereocenters. The van der Waals surface area contributed by atoms with Gasteiger partial charge in [0.1, 0.15) is 11.8 Å². The van der Waals surface area contributed by atoms with Gasteiger partial charge in [-0.15, -0.1) is 0 Å². The number of hydrogen-bond donors (Lipinski definition) is 1. The molecule has 0 aliphatic carbocycles. The summed E-state index contributed by atoms with van der Waals surface area (Å²) in [5.41, 5.74) is 4.58. The summed E-state index contributed by atoms with van der Waals surface area (Å²) in [6.45, 7) is 3.51. The van der Waals surface area contributed by atoms with Crippen LogP contribution in [0.1, 0.15) is 24.0 Å². The summed E-state index contributed by atoms with van der Waals surface area (Å²) in [5, 5.41) is 9.38. The van der Waals surface area contributed by atoms with E-state index in [0.717, 1.165) is 36.3 Å². The predicted octanol–water partition coefficient (Wildman–Crippen LogP) is 3.72. The van der Waals surface area contributed by atoms with E-state index < -0.39 is 12.0 Å². The number of carboxylic acid groups (broad SMARTS) is 1. The van der Waals surface area contributed by atoms with Crippen molar-refractivity contribution in [3.05, 3.63) is 53.6 Å². The molecule has 126 valence electrons. The van der Waals surface area contributed by atoms with Crippen LogP contribution in [0.25, 0.3) is 11.1 Å². The molecule has 0 radical (unpaired) electrons. The zero-order valence-corrected chi connectivity index (χ0v) is 14.2. The molecule has 0 saturated carbocycles. The topological polar surface area (TPSA) is 49.8 Å². The van der Waals surface area contributed by atoms with Crippen LogP contribution in [0.2, 0.25) is 0 Å². The van der Waals surface area contributed by atoms with Gasteiger partial charge in [0.05, 0.1) is 7.11 Å². The van der Waals surface area contributed by atoms with E-state index in [-0.39, 0.29) is 0 Å². The van der Waals surface area contributed by atoms with Gasteiger partial charge < -0.3 is 9.84 Å². The molecule has 1 atom stereocenters. The summed E-state index contributed by atoms with van der Waals surface area (Å²) >= 11 is 0. The fourth-order valence-corrected chi connectivity index (χ4v) is 3.48. The lowest BCUT2D eigenvalue weighted by atomic mass is 9.98. The van der Waals surface area contributed by atoms with Crippen LogP contribution in [-0.4, -0.2) is 35.7 Å². The van der Waals surface area contributed by atoms with Crippen LogP contribution in [0.5, 0.6) is 5.75 Å². The normalized spacial score (nSPS) is 17.8. The van der Waals surface area contributed by atoms with Crippen molar-refractivity contribution in [1.29, 1.82) is 0 Å². The summed E-state index contributed by atoms with van der Waals surface area (Å²) in [5.74, 6) is 0.0740. The number of aryl methyl sites for hydroxylation is 1. The predicted molar refractivity (Wildman–Crippen MR) is 94.2 cm³/mol. The molecule has 1 N–H and O–H groups in total. The Morgan fingerprint density at radius 2 is 2.08 bits per heavy atom. The minimum Gasteiger partial charge on any atom is -0.496 e. The van der Waals surface area contributed by atoms with Crippen molar-refractivity contribution in [2.75, 3.05) is 13.7 Å². The van der Waals surface area contributed by atoms with Crippen molar-refractivity contribution in [3.8, 4) is 16.9 Å². The average molecular weight is 325 g/mol. The highest BCUT2D eigenvalue weighted by Crippen LogP contribution is 2.31. The summed E-state index contributed by atoms with van der Waals surface area (Å²) < 4.78 is 5.50. The maximum atomic E-state index is 11.4. The first-order valence-corrected chi connectivity index (χ1v) is 8.30. The van der Waals surface area contributed by atoms with Crippen LogP contribution in [0.4, 0.5) is 0 Å². The number of likely N-dealkylation sites (tertiary alicyclic amines) is 1. The van der Waals surface area contributed by atoms with Crippen LogP contribution in [0.3, 0.4) is 0 Å². The summed E-state index contributed by atoms with van der Waals surface area (Å²) in [4.78, 5) is 13.4. The smallest absolute Gasteiger partial charge is 0.320 e. The number of carboxylic acids is 1. The van der Waals surface area contributed by atoms with Crippen molar-refractivity contribution in [3.63, 3.8) is 0 Å². The lowest BCUT2D eigenvalue weighted by Gasteiger charge is -2.22. The molecular formula is C20H23NO3. The van der Waals surface area contributed by atoms with Crippen LogP contribution < -0.4 is 4.74 Å². The van der Waals surface area contributed by atoms with Gasteiger partial charge >= 0.3 is 5.97 Å². The van der Waals surface area contributed by atoms with Crippen LogP contribution >= 0.6 is 0 Å². The van der Waals surface area contributed by atoms with Gasteiger partial charge in [-0.25, -0.2) is 0 Å². The molecule has 2 aromatic rings. The van der Waals surface area contributed by atoms with E-state index in [1.807, 2.05) is 23.1 Å². The Morgan fingerprint density at radius 3 is 2.79 bits per heavy atom. The first kappa shape index (κ1) is 16.5. The zero-order chi connectivity index (χ0) is 17.1. The third-order valence-electron chi connectivity index (χ3n) is 4.76. The fourth-order valence-electron chi connectivity index (χ4n) is 3.48. The van der Waals surface area contributed by atoms with Gasteiger partial charge in [-0.05, 0) is 55.1 Å². The van der Waals surface area contributed by atoms with Gasteiger partial charge in [-0.2, -0.15) is 0 Å². The van der Waals surface area contributed by atoms with Crippen molar-refractivity contribution >= 4 is 5.97 Å². The zero-order valence-electron chi connectivity index (χ0n) is 14.2. The molecule has 2 aromatic carbocycles. The van der Waals surface area contributed by atoms with Gasteiger partial charge in [0.2, 0.25) is 0 Å². The Kier molecular flexibility index (Phi) is 4.86. The molecule has 4 nitrogen and oxygen atoms in total. The Bertz CT molecular complexity index is 741. The highest BCUT2D eigenvalue weighted by Gasteiger charge is 2.30. The average Bonchev–Trinajstić information content (AvgIpc) is 3.04. The third kappa shape index (κ3) is 3.29. The molecule has 1 saturated heterocycles. The molecule has 1 fully saturated rings. The molecule has 4 heteroatoms. The number of nitrogens with zero attached hydrogens (tertiary/aromatic N) is 1. The quantitative estimate of drug-likeness (QED) is 0.910. The van der Waals surface area contributed by atoms with Gasteiger partial charge in [-0.3, -0.25) is 9.69 Å². The van der Waals surface area contributed by atoms with Gasteiger partial charge in [0.15, 0.2) is 0 Å². The minimum absolute atomic E-state index is 0.392. The fraction of sp³-hybridized carbons (Fsp3) is 0.350. The van der Waals surface area contributed by atoms with Crippen molar-refractivity contribution in [1.82, 2.24) is 4.90 Å². The molecule has 3 rings (SSSR count). The molecular weight excluding hydrogens is 302 g/mol. The lowest BCUT2D eigenvalue weighted by molar-refractivity contribution is -0.142. The van der Waals surface area contributed by atoms with E-state index in [0.29, 0.717) is 6.54 Å². The monoisotopic (exact) mass is 325 g/mol. The van der Waals surface area contributed by atoms with Gasteiger partial charge in [0, 0.05) is 12.1 Å². The first-order valence-electron chi connectivity index (χ1n) is 8.30. The maximum Gasteiger partial charge on any atom is 0.320 e. The van der Waals surface area contributed by atoms with E-state index in [4.69, 9.17) is 4.74 Å². The molecule has 0 amide bonds. The van der Waals surface area contributed by atoms with E-state index in [9.17, 15) is 9.90 Å². The number of methoxy groups -OCH3 is 1. The van der Waals surface area contributed by atoms with E-state index >= 15 is 0 Å². The number of hydrogen-bond acceptors (Lipinski definition) is 3. The molecule has 0 bridgehead atoms. The van der Waals surface area contributed by atoms with E-state index in [1.54, 1.807) is 7.11 Å². The Balaban J connectivity index is 1.93. The second-order valence-corrected chi connectivity index (χ2v) is 6.31. The second-order valence-electron chi connectivity index (χ2n) is 6.31. The summed E-state index contributed by atoms with van der Waals surface area (Å²) in [6.07, 6.45) is 1.64. The SMILES string of the molecule is COc1ccc(-c2ccccc2C)cc1CN1CCC[C@H]1C(=O)O. The minimum atomic E-state index is -0.735. The Hall–Kier alpha value is -2.33. The highest BCUT2D eigenvalue weighted by molar-refractivity contribution is 5.74. The van der Waals surface area contributed by atoms with Crippen molar-refractivity contribution < 1.29 is 14.6 Å². The number of rotatable bonds is 5. The van der Waals surface area contributed by atoms with E-state index in [1.165, 1.54) is 11.1 Å². The third-order valence-corrected chi connectivity index (χ3v) is 4.76. The molecule has 1 heterocycles. The molecule has 0 aromatic heterocycles. The molecule has 24 heavy (non-hydrogen) atoms. The standard InChI is InChI=1S/C20H23NO3/c1-14-6-3-4-7-17(14)15-9-10-19(24-2)16(12-15)13-21-11-5-8-18(21)20(22)23/h3-4,6-7,9-10,12,18H,5,8,11,13H2,1-2H3,(H,22,23)/t18-/m0/s1. The molecule has 1 aliphatic heterocycles. The van der Waals surface area contributed by atoms with Gasteiger partial charge in [0.25, 0.3) is 0 Å². The highest BCUT2D eigenvalue weighted by atomic mass is 16.5. The Morgan fingerprint density at radius 1 is 1.29 bits per heavy atom. The number of carbonyl (C=O) groups is 1. The van der Waals surface area contributed by atoms with Crippen molar-refractivity contribution in [2.45, 2.75) is 32.4 Å².